The highest BCUT2D eigenvalue weighted by Gasteiger charge is 2.43. The number of rotatable bonds is 6. The fourth-order valence-electron chi connectivity index (χ4n) is 9.74. The third-order valence-corrected chi connectivity index (χ3v) is 12.2. The maximum atomic E-state index is 6.26. The summed E-state index contributed by atoms with van der Waals surface area (Å²) < 4.78 is 6.26. The van der Waals surface area contributed by atoms with Gasteiger partial charge >= 0.3 is 0 Å². The van der Waals surface area contributed by atoms with E-state index in [2.05, 4.69) is 209 Å². The SMILES string of the molecule is C1=CC(N(c2ccccc2)c2ccc3c(c2)N(c2ccccc2)c2cccc4c2B3c2ccccc2N4c2ccc(-c3cccc4oc5ccccc5c34)cc2)=CCC1. The molecule has 9 aromatic rings. The number of benzene rings is 8. The Labute approximate surface area is 344 Å². The minimum absolute atomic E-state index is 0.0443. The van der Waals surface area contributed by atoms with Crippen molar-refractivity contribution in [3.05, 3.63) is 212 Å². The van der Waals surface area contributed by atoms with Crippen molar-refractivity contribution in [2.45, 2.75) is 12.8 Å². The van der Waals surface area contributed by atoms with Gasteiger partial charge in [-0.3, -0.25) is 0 Å². The van der Waals surface area contributed by atoms with Gasteiger partial charge in [0.2, 0.25) is 0 Å². The van der Waals surface area contributed by atoms with Crippen molar-refractivity contribution in [2.24, 2.45) is 0 Å². The molecule has 278 valence electrons. The molecule has 8 aromatic carbocycles. The lowest BCUT2D eigenvalue weighted by Crippen LogP contribution is -2.61. The maximum absolute atomic E-state index is 6.26. The molecule has 5 heteroatoms. The van der Waals surface area contributed by atoms with Crippen LogP contribution >= 0.6 is 0 Å². The van der Waals surface area contributed by atoms with Crippen molar-refractivity contribution < 1.29 is 4.42 Å². The molecule has 3 aliphatic rings. The Balaban J connectivity index is 1.03. The summed E-state index contributed by atoms with van der Waals surface area (Å²) in [6, 6.07) is 68.3. The van der Waals surface area contributed by atoms with Gasteiger partial charge in [-0.1, -0.05) is 121 Å². The Morgan fingerprint density at radius 1 is 0.492 bits per heavy atom. The minimum atomic E-state index is 0.0443. The summed E-state index contributed by atoms with van der Waals surface area (Å²) in [4.78, 5) is 7.35. The smallest absolute Gasteiger partial charge is 0.252 e. The Bertz CT molecular complexity index is 3130. The van der Waals surface area contributed by atoms with Crippen LogP contribution in [0.15, 0.2) is 216 Å². The fourth-order valence-corrected chi connectivity index (χ4v) is 9.74. The summed E-state index contributed by atoms with van der Waals surface area (Å²) in [6.45, 7) is 0.0443. The molecule has 59 heavy (non-hydrogen) atoms. The van der Waals surface area contributed by atoms with E-state index in [-0.39, 0.29) is 6.71 Å². The number of fused-ring (bicyclic) bond motifs is 7. The fraction of sp³-hybridized carbons (Fsp3) is 0.0370. The molecule has 1 aliphatic carbocycles. The molecular weight excluding hydrogens is 717 g/mol. The topological polar surface area (TPSA) is 22.9 Å². The molecule has 1 aromatic heterocycles. The Morgan fingerprint density at radius 3 is 1.97 bits per heavy atom. The highest BCUT2D eigenvalue weighted by Crippen LogP contribution is 2.46. The van der Waals surface area contributed by atoms with Crippen molar-refractivity contribution in [1.82, 2.24) is 0 Å². The molecule has 0 fully saturated rings. The molecule has 4 nitrogen and oxygen atoms in total. The number of furan rings is 1. The summed E-state index contributed by atoms with van der Waals surface area (Å²) in [5.74, 6) is 0. The molecule has 0 saturated heterocycles. The van der Waals surface area contributed by atoms with Gasteiger partial charge in [0, 0.05) is 62.0 Å². The van der Waals surface area contributed by atoms with Gasteiger partial charge in [0.25, 0.3) is 6.71 Å². The third-order valence-electron chi connectivity index (χ3n) is 12.2. The molecule has 0 atom stereocenters. The van der Waals surface area contributed by atoms with E-state index in [4.69, 9.17) is 4.42 Å². The van der Waals surface area contributed by atoms with Crippen molar-refractivity contribution in [2.75, 3.05) is 14.7 Å². The zero-order chi connectivity index (χ0) is 38.9. The van der Waals surface area contributed by atoms with E-state index >= 15 is 0 Å². The number of allylic oxidation sites excluding steroid dienone is 3. The molecule has 0 saturated carbocycles. The van der Waals surface area contributed by atoms with Gasteiger partial charge in [0.05, 0.1) is 0 Å². The average molecular weight is 756 g/mol. The van der Waals surface area contributed by atoms with Crippen LogP contribution < -0.4 is 31.1 Å². The number of para-hydroxylation sites is 4. The van der Waals surface area contributed by atoms with Crippen LogP contribution in [0.25, 0.3) is 33.1 Å². The molecule has 0 spiro atoms. The molecule has 12 rings (SSSR count). The van der Waals surface area contributed by atoms with E-state index < -0.39 is 0 Å². The van der Waals surface area contributed by atoms with E-state index in [9.17, 15) is 0 Å². The second kappa shape index (κ2) is 13.6. The lowest BCUT2D eigenvalue weighted by Gasteiger charge is -2.44. The molecule has 0 amide bonds. The molecule has 2 aliphatic heterocycles. The van der Waals surface area contributed by atoms with Crippen molar-refractivity contribution in [3.63, 3.8) is 0 Å². The van der Waals surface area contributed by atoms with Crippen molar-refractivity contribution in [3.8, 4) is 11.1 Å². The lowest BCUT2D eigenvalue weighted by atomic mass is 9.33. The second-order valence-corrected chi connectivity index (χ2v) is 15.6. The van der Waals surface area contributed by atoms with Crippen molar-refractivity contribution >= 4 is 90.5 Å². The number of anilines is 8. The quantitative estimate of drug-likeness (QED) is 0.158. The van der Waals surface area contributed by atoms with Crippen LogP contribution in [0.2, 0.25) is 0 Å². The molecule has 0 radical (unpaired) electrons. The van der Waals surface area contributed by atoms with E-state index in [0.29, 0.717) is 0 Å². The van der Waals surface area contributed by atoms with Gasteiger partial charge < -0.3 is 19.1 Å². The molecule has 0 N–H and O–H groups in total. The number of hydrogen-bond donors (Lipinski definition) is 0. The summed E-state index contributed by atoms with van der Waals surface area (Å²) >= 11 is 0. The van der Waals surface area contributed by atoms with E-state index in [1.165, 1.54) is 50.4 Å². The predicted molar refractivity (Wildman–Crippen MR) is 248 cm³/mol. The maximum Gasteiger partial charge on any atom is 0.252 e. The van der Waals surface area contributed by atoms with E-state index in [1.54, 1.807) is 0 Å². The van der Waals surface area contributed by atoms with Crippen molar-refractivity contribution in [1.29, 1.82) is 0 Å². The molecular formula is C54H38BN3O. The van der Waals surface area contributed by atoms with Crippen LogP contribution in [0.4, 0.5) is 45.5 Å². The van der Waals surface area contributed by atoms with Gasteiger partial charge in [-0.05, 0) is 125 Å². The first-order valence-electron chi connectivity index (χ1n) is 20.5. The zero-order valence-electron chi connectivity index (χ0n) is 32.4. The Kier molecular flexibility index (Phi) is 7.73. The third kappa shape index (κ3) is 5.32. The zero-order valence-corrected chi connectivity index (χ0v) is 32.4. The normalized spacial score (nSPS) is 13.9. The molecule has 0 bridgehead atoms. The first kappa shape index (κ1) is 33.6. The highest BCUT2D eigenvalue weighted by atomic mass is 16.3. The predicted octanol–water partition coefficient (Wildman–Crippen LogP) is 12.7. The lowest BCUT2D eigenvalue weighted by molar-refractivity contribution is 0.669. The summed E-state index contributed by atoms with van der Waals surface area (Å²) in [5, 5.41) is 2.29. The number of nitrogens with zero attached hydrogens (tertiary/aromatic N) is 3. The van der Waals surface area contributed by atoms with Gasteiger partial charge in [-0.25, -0.2) is 0 Å². The van der Waals surface area contributed by atoms with E-state index in [0.717, 1.165) is 63.1 Å². The minimum Gasteiger partial charge on any atom is -0.456 e. The number of hydrogen-bond acceptors (Lipinski definition) is 4. The van der Waals surface area contributed by atoms with Crippen LogP contribution in [-0.4, -0.2) is 6.71 Å². The summed E-state index contributed by atoms with van der Waals surface area (Å²) in [6.07, 6.45) is 9.02. The van der Waals surface area contributed by atoms with Gasteiger partial charge in [-0.15, -0.1) is 0 Å². The van der Waals surface area contributed by atoms with Crippen LogP contribution in [0.1, 0.15) is 12.8 Å². The highest BCUT2D eigenvalue weighted by molar-refractivity contribution is 7.00. The Morgan fingerprint density at radius 2 is 1.15 bits per heavy atom. The first-order chi connectivity index (χ1) is 29.3. The Hall–Kier alpha value is -7.50. The molecule has 3 heterocycles. The van der Waals surface area contributed by atoms with Gasteiger partial charge in [0.15, 0.2) is 0 Å². The molecule has 0 unspecified atom stereocenters. The summed E-state index contributed by atoms with van der Waals surface area (Å²) in [7, 11) is 0. The average Bonchev–Trinajstić information content (AvgIpc) is 3.69. The monoisotopic (exact) mass is 755 g/mol. The second-order valence-electron chi connectivity index (χ2n) is 15.6. The van der Waals surface area contributed by atoms with Crippen LogP contribution in [0.3, 0.4) is 0 Å². The summed E-state index contributed by atoms with van der Waals surface area (Å²) in [5.41, 5.74) is 18.6. The first-order valence-corrected chi connectivity index (χ1v) is 20.5. The van der Waals surface area contributed by atoms with Crippen LogP contribution in [-0.2, 0) is 0 Å². The standard InChI is InChI=1S/C54H38BN3O/c1-4-16-38(17-5-1)56(39-18-6-2-7-19-39)42-34-35-46-50(36-42)58(40-20-8-3-9-21-40)49-27-15-26-48-54(49)55(46)45-24-11-12-25-47(45)57(48)41-32-30-37(31-33-41)43-23-14-29-52-53(43)44-22-10-13-28-51(44)59-52/h1,3-6,8-36H,2,7H2. The van der Waals surface area contributed by atoms with Crippen LogP contribution in [0, 0.1) is 0 Å². The van der Waals surface area contributed by atoms with Crippen LogP contribution in [0.5, 0.6) is 0 Å². The van der Waals surface area contributed by atoms with Gasteiger partial charge in [-0.2, -0.15) is 0 Å². The largest absolute Gasteiger partial charge is 0.456 e. The van der Waals surface area contributed by atoms with Gasteiger partial charge in [0.1, 0.15) is 11.2 Å². The van der Waals surface area contributed by atoms with E-state index in [1.807, 2.05) is 12.1 Å².